The molecule has 0 unspecified atom stereocenters. The lowest BCUT2D eigenvalue weighted by atomic mass is 10.1. The molecule has 0 aliphatic carbocycles. The molecule has 1 aromatic carbocycles. The average Bonchev–Trinajstić information content (AvgIpc) is 2.55. The minimum absolute atomic E-state index is 0.0196. The smallest absolute Gasteiger partial charge is 0.322 e. The molecule has 8 heteroatoms. The molecule has 0 spiro atoms. The van der Waals surface area contributed by atoms with Crippen LogP contribution < -0.4 is 5.32 Å². The van der Waals surface area contributed by atoms with E-state index in [1.807, 2.05) is 4.90 Å². The summed E-state index contributed by atoms with van der Waals surface area (Å²) in [7, 11) is 0. The maximum absolute atomic E-state index is 13.6. The first-order valence-corrected chi connectivity index (χ1v) is 7.67. The molecule has 1 aliphatic rings. The zero-order valence-corrected chi connectivity index (χ0v) is 13.2. The Hall–Kier alpha value is -2.48. The van der Waals surface area contributed by atoms with Crippen LogP contribution >= 0.6 is 0 Å². The highest BCUT2D eigenvalue weighted by molar-refractivity contribution is 5.82. The van der Waals surface area contributed by atoms with Crippen LogP contribution in [-0.2, 0) is 20.8 Å². The number of benzene rings is 1. The Bertz CT molecular complexity index is 615. The molecular formula is C16H20FN3O4. The molecule has 0 atom stereocenters. The van der Waals surface area contributed by atoms with Gasteiger partial charge in [-0.15, -0.1) is 0 Å². The molecule has 0 radical (unpaired) electrons. The molecule has 2 amide bonds. The molecule has 0 aromatic heterocycles. The number of nitrogens with one attached hydrogen (secondary N) is 1. The van der Waals surface area contributed by atoms with Crippen LogP contribution in [0.2, 0.25) is 0 Å². The highest BCUT2D eigenvalue weighted by Crippen LogP contribution is 2.10. The van der Waals surface area contributed by atoms with Crippen molar-refractivity contribution in [1.82, 2.24) is 15.1 Å². The van der Waals surface area contributed by atoms with Gasteiger partial charge in [-0.25, -0.2) is 4.39 Å². The number of hydrogen-bond donors (Lipinski definition) is 2. The van der Waals surface area contributed by atoms with Gasteiger partial charge in [-0.05, 0) is 11.6 Å². The van der Waals surface area contributed by atoms with E-state index in [2.05, 4.69) is 5.32 Å². The Morgan fingerprint density at radius 2 is 1.79 bits per heavy atom. The van der Waals surface area contributed by atoms with E-state index in [0.717, 1.165) is 0 Å². The van der Waals surface area contributed by atoms with E-state index >= 15 is 0 Å². The van der Waals surface area contributed by atoms with Gasteiger partial charge in [-0.1, -0.05) is 18.2 Å². The summed E-state index contributed by atoms with van der Waals surface area (Å²) in [6, 6.07) is 6.20. The molecule has 1 aromatic rings. The van der Waals surface area contributed by atoms with Gasteiger partial charge in [0.1, 0.15) is 12.4 Å². The minimum atomic E-state index is -1.09. The Morgan fingerprint density at radius 1 is 1.12 bits per heavy atom. The van der Waals surface area contributed by atoms with E-state index in [1.54, 1.807) is 23.1 Å². The molecule has 1 fully saturated rings. The number of carbonyl (C=O) groups is 3. The van der Waals surface area contributed by atoms with Gasteiger partial charge in [0.05, 0.1) is 13.0 Å². The van der Waals surface area contributed by atoms with Crippen LogP contribution in [0.3, 0.4) is 0 Å². The van der Waals surface area contributed by atoms with Crippen molar-refractivity contribution in [1.29, 1.82) is 0 Å². The van der Waals surface area contributed by atoms with Crippen molar-refractivity contribution in [3.63, 3.8) is 0 Å². The fraction of sp³-hybridized carbons (Fsp3) is 0.438. The molecule has 2 rings (SSSR count). The van der Waals surface area contributed by atoms with Crippen LogP contribution in [0.5, 0.6) is 0 Å². The van der Waals surface area contributed by atoms with Crippen LogP contribution in [-0.4, -0.2) is 72.0 Å². The van der Waals surface area contributed by atoms with E-state index in [1.165, 1.54) is 6.07 Å². The summed E-state index contributed by atoms with van der Waals surface area (Å²) < 4.78 is 13.6. The maximum Gasteiger partial charge on any atom is 0.322 e. The van der Waals surface area contributed by atoms with Crippen molar-refractivity contribution >= 4 is 17.8 Å². The van der Waals surface area contributed by atoms with Crippen LogP contribution in [0.1, 0.15) is 5.56 Å². The van der Waals surface area contributed by atoms with E-state index in [4.69, 9.17) is 5.11 Å². The van der Waals surface area contributed by atoms with Crippen molar-refractivity contribution in [2.75, 3.05) is 39.3 Å². The monoisotopic (exact) mass is 337 g/mol. The van der Waals surface area contributed by atoms with Crippen LogP contribution in [0.4, 0.5) is 4.39 Å². The number of piperazine rings is 1. The van der Waals surface area contributed by atoms with Crippen LogP contribution in [0.15, 0.2) is 24.3 Å². The third-order valence-corrected chi connectivity index (χ3v) is 3.83. The molecule has 1 saturated heterocycles. The second-order valence-electron chi connectivity index (χ2n) is 5.60. The topological polar surface area (TPSA) is 89.9 Å². The molecule has 24 heavy (non-hydrogen) atoms. The number of carboxylic acid groups (broad SMARTS) is 1. The first-order valence-electron chi connectivity index (χ1n) is 7.67. The Morgan fingerprint density at radius 3 is 2.42 bits per heavy atom. The van der Waals surface area contributed by atoms with Gasteiger partial charge in [0.25, 0.3) is 0 Å². The number of rotatable bonds is 6. The van der Waals surface area contributed by atoms with Gasteiger partial charge in [0, 0.05) is 26.2 Å². The normalized spacial score (nSPS) is 15.1. The summed E-state index contributed by atoms with van der Waals surface area (Å²) in [6.07, 6.45) is 0.0196. The number of carboxylic acids is 1. The van der Waals surface area contributed by atoms with Gasteiger partial charge < -0.3 is 15.3 Å². The fourth-order valence-electron chi connectivity index (χ4n) is 2.51. The molecular weight excluding hydrogens is 317 g/mol. The Labute approximate surface area is 139 Å². The third kappa shape index (κ3) is 5.31. The molecule has 0 bridgehead atoms. The molecule has 1 heterocycles. The standard InChI is InChI=1S/C16H20FN3O4/c17-13-4-2-1-3-12(13)9-15(22)20-7-5-19(6-8-20)11-14(21)18-10-16(23)24/h1-4H,5-11H2,(H,18,21)(H,23,24). The maximum atomic E-state index is 13.6. The molecule has 1 aliphatic heterocycles. The zero-order chi connectivity index (χ0) is 17.5. The summed E-state index contributed by atoms with van der Waals surface area (Å²) in [4.78, 5) is 37.7. The molecule has 0 saturated carbocycles. The van der Waals surface area contributed by atoms with Gasteiger partial charge in [-0.3, -0.25) is 19.3 Å². The van der Waals surface area contributed by atoms with Gasteiger partial charge in [0.2, 0.25) is 11.8 Å². The number of halogens is 1. The van der Waals surface area contributed by atoms with Gasteiger partial charge >= 0.3 is 5.97 Å². The Balaban J connectivity index is 1.76. The lowest BCUT2D eigenvalue weighted by molar-refractivity contribution is -0.138. The minimum Gasteiger partial charge on any atom is -0.480 e. The highest BCUT2D eigenvalue weighted by atomic mass is 19.1. The van der Waals surface area contributed by atoms with Crippen molar-refractivity contribution in [3.05, 3.63) is 35.6 Å². The zero-order valence-electron chi connectivity index (χ0n) is 13.2. The third-order valence-electron chi connectivity index (χ3n) is 3.83. The van der Waals surface area contributed by atoms with E-state index in [0.29, 0.717) is 31.7 Å². The van der Waals surface area contributed by atoms with E-state index in [-0.39, 0.29) is 30.6 Å². The second kappa shape index (κ2) is 8.39. The number of amides is 2. The van der Waals surface area contributed by atoms with Crippen molar-refractivity contribution in [3.8, 4) is 0 Å². The number of hydrogen-bond acceptors (Lipinski definition) is 4. The number of carbonyl (C=O) groups excluding carboxylic acids is 2. The predicted octanol–water partition coefficient (Wildman–Crippen LogP) is -0.287. The summed E-state index contributed by atoms with van der Waals surface area (Å²) in [5.74, 6) is -1.98. The molecule has 7 nitrogen and oxygen atoms in total. The largest absolute Gasteiger partial charge is 0.480 e. The summed E-state index contributed by atoms with van der Waals surface area (Å²) >= 11 is 0. The molecule has 130 valence electrons. The fourth-order valence-corrected chi connectivity index (χ4v) is 2.51. The predicted molar refractivity (Wildman–Crippen MR) is 83.8 cm³/mol. The lowest BCUT2D eigenvalue weighted by Gasteiger charge is -2.34. The van der Waals surface area contributed by atoms with E-state index < -0.39 is 12.5 Å². The van der Waals surface area contributed by atoms with Crippen molar-refractivity contribution < 1.29 is 23.9 Å². The average molecular weight is 337 g/mol. The SMILES string of the molecule is O=C(O)CNC(=O)CN1CCN(C(=O)Cc2ccccc2F)CC1. The van der Waals surface area contributed by atoms with Crippen molar-refractivity contribution in [2.45, 2.75) is 6.42 Å². The van der Waals surface area contributed by atoms with Crippen LogP contribution in [0, 0.1) is 5.82 Å². The first kappa shape index (κ1) is 17.9. The first-order chi connectivity index (χ1) is 11.5. The highest BCUT2D eigenvalue weighted by Gasteiger charge is 2.23. The Kier molecular flexibility index (Phi) is 6.25. The second-order valence-corrected chi connectivity index (χ2v) is 5.60. The number of nitrogens with zero attached hydrogens (tertiary/aromatic N) is 2. The van der Waals surface area contributed by atoms with Gasteiger partial charge in [-0.2, -0.15) is 0 Å². The quantitative estimate of drug-likeness (QED) is 0.745. The van der Waals surface area contributed by atoms with Crippen LogP contribution in [0.25, 0.3) is 0 Å². The van der Waals surface area contributed by atoms with Gasteiger partial charge in [0.15, 0.2) is 0 Å². The van der Waals surface area contributed by atoms with E-state index in [9.17, 15) is 18.8 Å². The summed E-state index contributed by atoms with van der Waals surface area (Å²) in [5, 5.41) is 10.8. The number of aliphatic carboxylic acids is 1. The lowest BCUT2D eigenvalue weighted by Crippen LogP contribution is -2.51. The molecule has 2 N–H and O–H groups in total. The summed E-state index contributed by atoms with van der Waals surface area (Å²) in [6.45, 7) is 1.65. The summed E-state index contributed by atoms with van der Waals surface area (Å²) in [5.41, 5.74) is 0.373. The van der Waals surface area contributed by atoms with Crippen molar-refractivity contribution in [2.24, 2.45) is 0 Å².